The lowest BCUT2D eigenvalue weighted by Crippen LogP contribution is -2.39. The molecule has 3 rings (SSSR count). The first-order valence-corrected chi connectivity index (χ1v) is 9.57. The van der Waals surface area contributed by atoms with Crippen LogP contribution in [0.2, 0.25) is 0 Å². The van der Waals surface area contributed by atoms with E-state index in [0.717, 1.165) is 11.3 Å². The van der Waals surface area contributed by atoms with E-state index in [0.29, 0.717) is 37.0 Å². The van der Waals surface area contributed by atoms with Crippen LogP contribution in [0.4, 0.5) is 0 Å². The van der Waals surface area contributed by atoms with Crippen LogP contribution in [0.25, 0.3) is 11.5 Å². The Balaban J connectivity index is 1.49. The van der Waals surface area contributed by atoms with E-state index in [-0.39, 0.29) is 0 Å². The van der Waals surface area contributed by atoms with E-state index in [2.05, 4.69) is 4.98 Å². The quantitative estimate of drug-likeness (QED) is 0.490. The van der Waals surface area contributed by atoms with Gasteiger partial charge in [-0.05, 0) is 57.2 Å². The van der Waals surface area contributed by atoms with Crippen LogP contribution in [-0.4, -0.2) is 29.8 Å². The summed E-state index contributed by atoms with van der Waals surface area (Å²) in [4.78, 5) is 16.4. The Hall–Kier alpha value is -3.28. The number of nitrogens with zero attached hydrogens (tertiary/aromatic N) is 1. The molecule has 0 aliphatic rings. The predicted molar refractivity (Wildman–Crippen MR) is 109 cm³/mol. The van der Waals surface area contributed by atoms with Crippen molar-refractivity contribution in [2.75, 3.05) is 13.2 Å². The Bertz CT molecular complexity index is 916. The number of ether oxygens (including phenoxy) is 3. The molecule has 0 spiro atoms. The molecule has 0 saturated heterocycles. The molecule has 0 atom stereocenters. The summed E-state index contributed by atoms with van der Waals surface area (Å²) in [6.07, 6.45) is 2.28. The summed E-state index contributed by atoms with van der Waals surface area (Å²) in [5.41, 5.74) is 0.725. The van der Waals surface area contributed by atoms with Crippen LogP contribution < -0.4 is 9.47 Å². The van der Waals surface area contributed by atoms with Gasteiger partial charge in [-0.2, -0.15) is 0 Å². The van der Waals surface area contributed by atoms with Crippen LogP contribution in [0.15, 0.2) is 65.3 Å². The molecule has 0 aliphatic carbocycles. The van der Waals surface area contributed by atoms with Gasteiger partial charge in [-0.15, -0.1) is 0 Å². The van der Waals surface area contributed by atoms with E-state index in [1.807, 2.05) is 30.3 Å². The van der Waals surface area contributed by atoms with Crippen molar-refractivity contribution in [3.8, 4) is 23.0 Å². The van der Waals surface area contributed by atoms with Gasteiger partial charge in [0.15, 0.2) is 5.60 Å². The number of carbonyl (C=O) groups is 1. The lowest BCUT2D eigenvalue weighted by molar-refractivity contribution is -0.158. The van der Waals surface area contributed by atoms with E-state index in [4.69, 9.17) is 18.6 Å². The lowest BCUT2D eigenvalue weighted by Gasteiger charge is -2.24. The van der Waals surface area contributed by atoms with Gasteiger partial charge in [-0.3, -0.25) is 0 Å². The van der Waals surface area contributed by atoms with Gasteiger partial charge in [0, 0.05) is 12.0 Å². The summed E-state index contributed by atoms with van der Waals surface area (Å²) < 4.78 is 22.1. The largest absolute Gasteiger partial charge is 0.493 e. The number of esters is 1. The Morgan fingerprint density at radius 2 is 1.72 bits per heavy atom. The summed E-state index contributed by atoms with van der Waals surface area (Å²) in [7, 11) is 0. The third kappa shape index (κ3) is 5.60. The van der Waals surface area contributed by atoms with Crippen LogP contribution in [0, 0.1) is 0 Å². The highest BCUT2D eigenvalue weighted by atomic mass is 16.6. The van der Waals surface area contributed by atoms with Gasteiger partial charge in [-0.1, -0.05) is 18.2 Å². The fourth-order valence-corrected chi connectivity index (χ4v) is 2.65. The van der Waals surface area contributed by atoms with Crippen LogP contribution in [-0.2, 0) is 16.0 Å². The first kappa shape index (κ1) is 20.5. The van der Waals surface area contributed by atoms with Crippen LogP contribution in [0.3, 0.4) is 0 Å². The second-order valence-electron chi connectivity index (χ2n) is 6.91. The third-order valence-corrected chi connectivity index (χ3v) is 4.16. The SMILES string of the molecule is CCOC(=O)C(C)(C)Oc1ccc(OCCc2coc(-c3ccccc3)n2)cc1. The van der Waals surface area contributed by atoms with Crippen molar-refractivity contribution >= 4 is 5.97 Å². The Labute approximate surface area is 170 Å². The van der Waals surface area contributed by atoms with Gasteiger partial charge in [0.1, 0.15) is 17.8 Å². The Morgan fingerprint density at radius 3 is 2.41 bits per heavy atom. The number of hydrogen-bond donors (Lipinski definition) is 0. The number of rotatable bonds is 9. The molecule has 0 radical (unpaired) electrons. The van der Waals surface area contributed by atoms with Crippen molar-refractivity contribution in [3.63, 3.8) is 0 Å². The van der Waals surface area contributed by atoms with Gasteiger partial charge in [0.2, 0.25) is 5.89 Å². The molecule has 0 saturated carbocycles. The van der Waals surface area contributed by atoms with E-state index >= 15 is 0 Å². The molecule has 3 aromatic rings. The molecule has 1 aromatic heterocycles. The summed E-state index contributed by atoms with van der Waals surface area (Å²) in [6.45, 7) is 5.90. The molecule has 6 nitrogen and oxygen atoms in total. The molecule has 1 heterocycles. The molecule has 152 valence electrons. The first-order valence-electron chi connectivity index (χ1n) is 9.57. The Kier molecular flexibility index (Phi) is 6.54. The number of benzene rings is 2. The van der Waals surface area contributed by atoms with Crippen molar-refractivity contribution in [2.24, 2.45) is 0 Å². The second-order valence-corrected chi connectivity index (χ2v) is 6.91. The molecular formula is C23H25NO5. The minimum atomic E-state index is -1.05. The van der Waals surface area contributed by atoms with E-state index in [9.17, 15) is 4.79 Å². The van der Waals surface area contributed by atoms with E-state index in [1.54, 1.807) is 51.3 Å². The third-order valence-electron chi connectivity index (χ3n) is 4.16. The minimum absolute atomic E-state index is 0.316. The van der Waals surface area contributed by atoms with Crippen molar-refractivity contribution in [2.45, 2.75) is 32.8 Å². The maximum atomic E-state index is 11.9. The van der Waals surface area contributed by atoms with Crippen LogP contribution in [0.1, 0.15) is 26.5 Å². The van der Waals surface area contributed by atoms with Gasteiger partial charge < -0.3 is 18.6 Å². The monoisotopic (exact) mass is 395 g/mol. The van der Waals surface area contributed by atoms with Gasteiger partial charge in [0.05, 0.1) is 18.9 Å². The lowest BCUT2D eigenvalue weighted by atomic mass is 10.1. The molecule has 6 heteroatoms. The van der Waals surface area contributed by atoms with Crippen molar-refractivity contribution in [3.05, 3.63) is 66.6 Å². The summed E-state index contributed by atoms with van der Waals surface area (Å²) in [6, 6.07) is 16.9. The molecule has 0 amide bonds. The maximum Gasteiger partial charge on any atom is 0.349 e. The van der Waals surface area contributed by atoms with Gasteiger partial charge >= 0.3 is 5.97 Å². The first-order chi connectivity index (χ1) is 14.0. The molecular weight excluding hydrogens is 370 g/mol. The predicted octanol–water partition coefficient (Wildman–Crippen LogP) is 4.68. The normalized spacial score (nSPS) is 11.1. The molecule has 0 unspecified atom stereocenters. The highest BCUT2D eigenvalue weighted by Crippen LogP contribution is 2.23. The van der Waals surface area contributed by atoms with Gasteiger partial charge in [0.25, 0.3) is 0 Å². The molecule has 0 aliphatic heterocycles. The minimum Gasteiger partial charge on any atom is -0.493 e. The molecule has 2 aromatic carbocycles. The number of hydrogen-bond acceptors (Lipinski definition) is 6. The summed E-state index contributed by atoms with van der Waals surface area (Å²) >= 11 is 0. The van der Waals surface area contributed by atoms with Gasteiger partial charge in [-0.25, -0.2) is 9.78 Å². The topological polar surface area (TPSA) is 70.8 Å². The van der Waals surface area contributed by atoms with Crippen molar-refractivity contribution in [1.29, 1.82) is 0 Å². The number of carbonyl (C=O) groups excluding carboxylic acids is 1. The number of oxazole rings is 1. The average Bonchev–Trinajstić information content (AvgIpc) is 3.19. The second kappa shape index (κ2) is 9.28. The molecule has 0 fully saturated rings. The summed E-state index contributed by atoms with van der Waals surface area (Å²) in [5, 5.41) is 0. The Morgan fingerprint density at radius 1 is 1.03 bits per heavy atom. The molecule has 0 N–H and O–H groups in total. The smallest absolute Gasteiger partial charge is 0.349 e. The highest BCUT2D eigenvalue weighted by Gasteiger charge is 2.31. The van der Waals surface area contributed by atoms with Crippen LogP contribution >= 0.6 is 0 Å². The highest BCUT2D eigenvalue weighted by molar-refractivity contribution is 5.79. The van der Waals surface area contributed by atoms with Crippen LogP contribution in [0.5, 0.6) is 11.5 Å². The fourth-order valence-electron chi connectivity index (χ4n) is 2.65. The van der Waals surface area contributed by atoms with E-state index in [1.165, 1.54) is 0 Å². The molecule has 29 heavy (non-hydrogen) atoms. The standard InChI is InChI=1S/C23H25NO5/c1-4-26-22(25)23(2,3)29-20-12-10-19(11-13-20)27-15-14-18-16-28-21(24-18)17-8-6-5-7-9-17/h5-13,16H,4,14-15H2,1-3H3. The average molecular weight is 395 g/mol. The fraction of sp³-hybridized carbons (Fsp3) is 0.304. The zero-order valence-corrected chi connectivity index (χ0v) is 16.9. The number of aromatic nitrogens is 1. The zero-order valence-electron chi connectivity index (χ0n) is 16.9. The van der Waals surface area contributed by atoms with Crippen molar-refractivity contribution in [1.82, 2.24) is 4.98 Å². The van der Waals surface area contributed by atoms with E-state index < -0.39 is 11.6 Å². The zero-order chi connectivity index (χ0) is 20.7. The molecule has 0 bridgehead atoms. The van der Waals surface area contributed by atoms with Crippen molar-refractivity contribution < 1.29 is 23.4 Å². The maximum absolute atomic E-state index is 11.9. The summed E-state index contributed by atoms with van der Waals surface area (Å²) in [5.74, 6) is 1.48.